The summed E-state index contributed by atoms with van der Waals surface area (Å²) in [5.74, 6) is 0. The SMILES string of the molecule is N[C@@H]1CCCc2c1sc1nccn21. The van der Waals surface area contributed by atoms with E-state index in [1.165, 1.54) is 17.0 Å². The zero-order valence-electron chi connectivity index (χ0n) is 7.23. The quantitative estimate of drug-likeness (QED) is 0.692. The second kappa shape index (κ2) is 2.56. The fourth-order valence-electron chi connectivity index (χ4n) is 2.00. The molecule has 0 bridgehead atoms. The van der Waals surface area contributed by atoms with Gasteiger partial charge in [-0.05, 0) is 19.3 Å². The number of hydrogen-bond donors (Lipinski definition) is 1. The van der Waals surface area contributed by atoms with Gasteiger partial charge in [0.15, 0.2) is 4.96 Å². The molecule has 3 nitrogen and oxygen atoms in total. The largest absolute Gasteiger partial charge is 0.323 e. The lowest BCUT2D eigenvalue weighted by molar-refractivity contribution is 0.569. The van der Waals surface area contributed by atoms with E-state index in [2.05, 4.69) is 9.38 Å². The van der Waals surface area contributed by atoms with Crippen LogP contribution < -0.4 is 5.73 Å². The first-order chi connectivity index (χ1) is 6.36. The minimum Gasteiger partial charge on any atom is -0.323 e. The molecule has 2 aromatic rings. The number of imidazole rings is 1. The summed E-state index contributed by atoms with van der Waals surface area (Å²) in [6.45, 7) is 0. The summed E-state index contributed by atoms with van der Waals surface area (Å²) in [6, 6.07) is 0.246. The lowest BCUT2D eigenvalue weighted by atomic mass is 9.99. The maximum absolute atomic E-state index is 6.04. The van der Waals surface area contributed by atoms with Crippen molar-refractivity contribution in [3.63, 3.8) is 0 Å². The van der Waals surface area contributed by atoms with Crippen LogP contribution in [0.5, 0.6) is 0 Å². The van der Waals surface area contributed by atoms with Crippen LogP contribution in [-0.2, 0) is 6.42 Å². The highest BCUT2D eigenvalue weighted by atomic mass is 32.1. The van der Waals surface area contributed by atoms with Crippen LogP contribution in [0.3, 0.4) is 0 Å². The molecule has 0 spiro atoms. The molecule has 2 N–H and O–H groups in total. The van der Waals surface area contributed by atoms with Crippen molar-refractivity contribution in [3.8, 4) is 0 Å². The van der Waals surface area contributed by atoms with E-state index < -0.39 is 0 Å². The lowest BCUT2D eigenvalue weighted by Gasteiger charge is -2.17. The molecule has 1 aliphatic rings. The van der Waals surface area contributed by atoms with Crippen LogP contribution >= 0.6 is 11.3 Å². The van der Waals surface area contributed by atoms with Gasteiger partial charge in [-0.25, -0.2) is 4.98 Å². The van der Waals surface area contributed by atoms with Crippen molar-refractivity contribution in [1.82, 2.24) is 9.38 Å². The summed E-state index contributed by atoms with van der Waals surface area (Å²) >= 11 is 1.74. The molecule has 1 aliphatic carbocycles. The van der Waals surface area contributed by atoms with Crippen molar-refractivity contribution in [2.75, 3.05) is 0 Å². The predicted molar refractivity (Wildman–Crippen MR) is 52.9 cm³/mol. The average molecular weight is 193 g/mol. The van der Waals surface area contributed by atoms with E-state index in [1.807, 2.05) is 12.4 Å². The van der Waals surface area contributed by atoms with Gasteiger partial charge in [0.05, 0.1) is 0 Å². The maximum Gasteiger partial charge on any atom is 0.194 e. The third-order valence-electron chi connectivity index (χ3n) is 2.65. The minimum atomic E-state index is 0.246. The van der Waals surface area contributed by atoms with Gasteiger partial charge in [-0.2, -0.15) is 0 Å². The van der Waals surface area contributed by atoms with Gasteiger partial charge in [0.1, 0.15) is 0 Å². The van der Waals surface area contributed by atoms with E-state index in [0.717, 1.165) is 17.8 Å². The Morgan fingerprint density at radius 3 is 3.46 bits per heavy atom. The van der Waals surface area contributed by atoms with Crippen molar-refractivity contribution in [2.24, 2.45) is 5.73 Å². The van der Waals surface area contributed by atoms with E-state index in [9.17, 15) is 0 Å². The molecule has 2 aromatic heterocycles. The van der Waals surface area contributed by atoms with Gasteiger partial charge < -0.3 is 5.73 Å². The molecule has 0 unspecified atom stereocenters. The molecule has 0 saturated heterocycles. The summed E-state index contributed by atoms with van der Waals surface area (Å²) in [4.78, 5) is 6.71. The highest BCUT2D eigenvalue weighted by Gasteiger charge is 2.22. The predicted octanol–water partition coefficient (Wildman–Crippen LogP) is 1.73. The number of rotatable bonds is 0. The molecule has 0 saturated carbocycles. The van der Waals surface area contributed by atoms with Crippen molar-refractivity contribution >= 4 is 16.3 Å². The molecule has 3 rings (SSSR count). The Morgan fingerprint density at radius 2 is 2.54 bits per heavy atom. The standard InChI is InChI=1S/C9H11N3S/c10-6-2-1-3-7-8(6)13-9-11-4-5-12(7)9/h4-6H,1-3,10H2/t6-/m1/s1. The maximum atomic E-state index is 6.04. The van der Waals surface area contributed by atoms with Gasteiger partial charge in [0.2, 0.25) is 0 Å². The number of hydrogen-bond acceptors (Lipinski definition) is 3. The van der Waals surface area contributed by atoms with Gasteiger partial charge >= 0.3 is 0 Å². The molecule has 68 valence electrons. The van der Waals surface area contributed by atoms with Crippen LogP contribution in [0.2, 0.25) is 0 Å². The Hall–Kier alpha value is -0.870. The van der Waals surface area contributed by atoms with Crippen molar-refractivity contribution < 1.29 is 0 Å². The Balaban J connectivity index is 2.31. The summed E-state index contributed by atoms with van der Waals surface area (Å²) in [6.07, 6.45) is 7.36. The smallest absolute Gasteiger partial charge is 0.194 e. The van der Waals surface area contributed by atoms with Gasteiger partial charge in [-0.1, -0.05) is 11.3 Å². The minimum absolute atomic E-state index is 0.246. The number of aryl methyl sites for hydroxylation is 1. The first-order valence-electron chi connectivity index (χ1n) is 4.56. The monoisotopic (exact) mass is 193 g/mol. The highest BCUT2D eigenvalue weighted by molar-refractivity contribution is 7.17. The van der Waals surface area contributed by atoms with Crippen molar-refractivity contribution in [2.45, 2.75) is 25.3 Å². The number of nitrogens with two attached hydrogens (primary N) is 1. The van der Waals surface area contributed by atoms with E-state index in [1.54, 1.807) is 11.3 Å². The van der Waals surface area contributed by atoms with Crippen LogP contribution in [0.25, 0.3) is 4.96 Å². The molecule has 13 heavy (non-hydrogen) atoms. The van der Waals surface area contributed by atoms with Gasteiger partial charge in [0.25, 0.3) is 0 Å². The molecule has 0 amide bonds. The molecule has 0 aromatic carbocycles. The summed E-state index contributed by atoms with van der Waals surface area (Å²) in [5, 5.41) is 0. The molecule has 2 heterocycles. The van der Waals surface area contributed by atoms with Gasteiger partial charge in [-0.15, -0.1) is 0 Å². The second-order valence-corrected chi connectivity index (χ2v) is 4.50. The number of fused-ring (bicyclic) bond motifs is 3. The molecule has 0 fully saturated rings. The molecule has 4 heteroatoms. The summed E-state index contributed by atoms with van der Waals surface area (Å²) in [5.41, 5.74) is 7.42. The molecular weight excluding hydrogens is 182 g/mol. The Labute approximate surface area is 80.2 Å². The zero-order valence-corrected chi connectivity index (χ0v) is 8.05. The van der Waals surface area contributed by atoms with E-state index >= 15 is 0 Å². The van der Waals surface area contributed by atoms with E-state index in [-0.39, 0.29) is 6.04 Å². The fourth-order valence-corrected chi connectivity index (χ4v) is 3.17. The second-order valence-electron chi connectivity index (χ2n) is 3.49. The van der Waals surface area contributed by atoms with Crippen LogP contribution in [0.1, 0.15) is 29.5 Å². The van der Waals surface area contributed by atoms with Gasteiger partial charge in [-0.3, -0.25) is 4.40 Å². The highest BCUT2D eigenvalue weighted by Crippen LogP contribution is 2.34. The van der Waals surface area contributed by atoms with E-state index in [4.69, 9.17) is 5.73 Å². The average Bonchev–Trinajstić information content (AvgIpc) is 2.65. The summed E-state index contributed by atoms with van der Waals surface area (Å²) < 4.78 is 2.18. The Morgan fingerprint density at radius 1 is 1.62 bits per heavy atom. The Kier molecular flexibility index (Phi) is 1.48. The first kappa shape index (κ1) is 7.53. The third kappa shape index (κ3) is 0.957. The number of aromatic nitrogens is 2. The van der Waals surface area contributed by atoms with Gasteiger partial charge in [0, 0.05) is 29.0 Å². The molecular formula is C9H11N3S. The molecule has 0 aliphatic heterocycles. The molecule has 0 radical (unpaired) electrons. The van der Waals surface area contributed by atoms with E-state index in [0.29, 0.717) is 0 Å². The summed E-state index contributed by atoms with van der Waals surface area (Å²) in [7, 11) is 0. The Bertz CT molecular complexity index is 443. The molecule has 1 atom stereocenters. The first-order valence-corrected chi connectivity index (χ1v) is 5.38. The number of thiazole rings is 1. The third-order valence-corrected chi connectivity index (χ3v) is 3.89. The van der Waals surface area contributed by atoms with Crippen LogP contribution in [-0.4, -0.2) is 9.38 Å². The van der Waals surface area contributed by atoms with Crippen LogP contribution in [0, 0.1) is 0 Å². The zero-order chi connectivity index (χ0) is 8.84. The van der Waals surface area contributed by atoms with Crippen LogP contribution in [0.15, 0.2) is 12.4 Å². The lowest BCUT2D eigenvalue weighted by Crippen LogP contribution is -2.16. The fraction of sp³-hybridized carbons (Fsp3) is 0.444. The van der Waals surface area contributed by atoms with Crippen LogP contribution in [0.4, 0.5) is 0 Å². The van der Waals surface area contributed by atoms with Crippen molar-refractivity contribution in [1.29, 1.82) is 0 Å². The van der Waals surface area contributed by atoms with Crippen molar-refractivity contribution in [3.05, 3.63) is 23.0 Å². The topological polar surface area (TPSA) is 43.3 Å². The number of nitrogens with zero attached hydrogens (tertiary/aromatic N) is 2. The normalized spacial score (nSPS) is 22.1.